The van der Waals surface area contributed by atoms with Crippen LogP contribution in [0.4, 0.5) is 0 Å². The van der Waals surface area contributed by atoms with Gasteiger partial charge in [-0.25, -0.2) is 12.4 Å². The van der Waals surface area contributed by atoms with Gasteiger partial charge in [-0.05, 0) is 35.7 Å². The van der Waals surface area contributed by atoms with Crippen molar-refractivity contribution in [2.75, 3.05) is 13.2 Å². The number of carbonyl (C=O) groups is 1. The summed E-state index contributed by atoms with van der Waals surface area (Å²) in [5, 5.41) is 0.784. The summed E-state index contributed by atoms with van der Waals surface area (Å²) >= 11 is 0. The van der Waals surface area contributed by atoms with Gasteiger partial charge in [0.2, 0.25) is 12.1 Å². The first-order valence-corrected chi connectivity index (χ1v) is 16.6. The third-order valence-electron chi connectivity index (χ3n) is 8.21. The summed E-state index contributed by atoms with van der Waals surface area (Å²) in [7, 11) is -3.82. The minimum Gasteiger partial charge on any atom is -0.363 e. The molecule has 0 N–H and O–H groups in total. The van der Waals surface area contributed by atoms with E-state index in [0.717, 1.165) is 22.1 Å². The van der Waals surface area contributed by atoms with Crippen LogP contribution in [0.2, 0.25) is 0 Å². The molecule has 46 heavy (non-hydrogen) atoms. The Morgan fingerprint density at radius 3 is 2.22 bits per heavy atom. The van der Waals surface area contributed by atoms with E-state index in [4.69, 9.17) is 23.7 Å². The fourth-order valence-electron chi connectivity index (χ4n) is 5.89. The highest BCUT2D eigenvalue weighted by Crippen LogP contribution is 2.35. The van der Waals surface area contributed by atoms with Crippen LogP contribution in [-0.2, 0) is 51.5 Å². The second-order valence-electron chi connectivity index (χ2n) is 11.2. The number of fused-ring (bicyclic) bond motifs is 2. The van der Waals surface area contributed by atoms with Crippen LogP contribution in [0.15, 0.2) is 126 Å². The topological polar surface area (TPSA) is 102 Å². The number of para-hydroxylation sites is 1. The molecule has 0 amide bonds. The molecular formula is C36H33NO8S. The van der Waals surface area contributed by atoms with Gasteiger partial charge in [0.15, 0.2) is 12.4 Å². The monoisotopic (exact) mass is 639 g/mol. The van der Waals surface area contributed by atoms with Gasteiger partial charge in [-0.3, -0.25) is 4.79 Å². The van der Waals surface area contributed by atoms with Crippen molar-refractivity contribution in [3.05, 3.63) is 138 Å². The van der Waals surface area contributed by atoms with Crippen molar-refractivity contribution < 1.29 is 36.9 Å². The molecule has 0 radical (unpaired) electrons. The molecule has 10 heteroatoms. The molecule has 2 saturated heterocycles. The largest absolute Gasteiger partial charge is 0.363 e. The molecule has 2 fully saturated rings. The van der Waals surface area contributed by atoms with E-state index in [0.29, 0.717) is 11.9 Å². The number of ether oxygens (including phenoxy) is 5. The Morgan fingerprint density at radius 1 is 0.783 bits per heavy atom. The summed E-state index contributed by atoms with van der Waals surface area (Å²) in [6.45, 7) is 0.503. The Hall–Kier alpha value is -4.16. The molecule has 2 aliphatic heterocycles. The maximum absolute atomic E-state index is 13.8. The molecule has 0 bridgehead atoms. The zero-order valence-corrected chi connectivity index (χ0v) is 25.7. The number of hydrogen-bond acceptors (Lipinski definition) is 8. The van der Waals surface area contributed by atoms with Crippen molar-refractivity contribution in [3.63, 3.8) is 0 Å². The van der Waals surface area contributed by atoms with Crippen LogP contribution >= 0.6 is 0 Å². The van der Waals surface area contributed by atoms with Gasteiger partial charge in [-0.15, -0.1) is 0 Å². The van der Waals surface area contributed by atoms with Crippen molar-refractivity contribution >= 4 is 26.7 Å². The molecule has 0 aliphatic carbocycles. The van der Waals surface area contributed by atoms with E-state index >= 15 is 0 Å². The third-order valence-corrected chi connectivity index (χ3v) is 9.90. The maximum atomic E-state index is 13.8. The van der Waals surface area contributed by atoms with Gasteiger partial charge in [-0.2, -0.15) is 0 Å². The zero-order valence-electron chi connectivity index (χ0n) is 24.9. The standard InChI is InChI=1S/C36H33NO8S/c38-32-34(42-23-25-12-4-1-5-13-25)33-31(24-43-35(45-33)26-14-6-2-7-15-26)44-36(32)41-21-20-27-22-37(30-19-11-10-18-29(27)30)46(39,40)28-16-8-3-9-17-28/h1-19,22,31,33-36H,20-21,23-24H2/t31-,33-,34-,35?,36-/m0/s1. The molecule has 4 aromatic carbocycles. The number of rotatable bonds is 10. The number of benzene rings is 4. The Balaban J connectivity index is 1.09. The van der Waals surface area contributed by atoms with Crippen LogP contribution in [0.5, 0.6) is 0 Å². The minimum absolute atomic E-state index is 0.104. The molecule has 3 heterocycles. The summed E-state index contributed by atoms with van der Waals surface area (Å²) in [5.41, 5.74) is 3.09. The average Bonchev–Trinajstić information content (AvgIpc) is 3.48. The summed E-state index contributed by atoms with van der Waals surface area (Å²) < 4.78 is 58.9. The van der Waals surface area contributed by atoms with Gasteiger partial charge in [-0.1, -0.05) is 97.1 Å². The van der Waals surface area contributed by atoms with Gasteiger partial charge >= 0.3 is 0 Å². The second-order valence-corrected chi connectivity index (χ2v) is 13.0. The van der Waals surface area contributed by atoms with Crippen LogP contribution < -0.4 is 0 Å². The molecule has 236 valence electrons. The molecule has 1 aromatic heterocycles. The molecule has 7 rings (SSSR count). The predicted octanol–water partition coefficient (Wildman–Crippen LogP) is 5.43. The van der Waals surface area contributed by atoms with E-state index in [1.165, 1.54) is 3.97 Å². The highest BCUT2D eigenvalue weighted by molar-refractivity contribution is 7.90. The molecule has 0 saturated carbocycles. The summed E-state index contributed by atoms with van der Waals surface area (Å²) in [5.74, 6) is -0.375. The van der Waals surface area contributed by atoms with Crippen LogP contribution in [0, 0.1) is 0 Å². The minimum atomic E-state index is -3.82. The van der Waals surface area contributed by atoms with Gasteiger partial charge in [0, 0.05) is 17.1 Å². The number of hydrogen-bond donors (Lipinski definition) is 0. The molecular weight excluding hydrogens is 606 g/mol. The average molecular weight is 640 g/mol. The van der Waals surface area contributed by atoms with Gasteiger partial charge in [0.05, 0.1) is 30.2 Å². The lowest BCUT2D eigenvalue weighted by Crippen LogP contribution is -2.61. The summed E-state index contributed by atoms with van der Waals surface area (Å²) in [4.78, 5) is 14.0. The van der Waals surface area contributed by atoms with Crippen LogP contribution in [0.25, 0.3) is 10.9 Å². The normalized spacial score (nSPS) is 23.3. The third kappa shape index (κ3) is 6.15. The number of aromatic nitrogens is 1. The zero-order chi connectivity index (χ0) is 31.5. The highest BCUT2D eigenvalue weighted by atomic mass is 32.2. The first-order valence-electron chi connectivity index (χ1n) is 15.2. The summed E-state index contributed by atoms with van der Waals surface area (Å²) in [6.07, 6.45) is -2.14. The maximum Gasteiger partial charge on any atom is 0.268 e. The summed E-state index contributed by atoms with van der Waals surface area (Å²) in [6, 6.07) is 34.8. The predicted molar refractivity (Wildman–Crippen MR) is 169 cm³/mol. The number of carbonyl (C=O) groups excluding carboxylic acids is 1. The van der Waals surface area contributed by atoms with Gasteiger partial charge in [0.1, 0.15) is 12.2 Å². The number of nitrogens with zero attached hydrogens (tertiary/aromatic N) is 1. The quantitative estimate of drug-likeness (QED) is 0.199. The van der Waals surface area contributed by atoms with Crippen molar-refractivity contribution in [2.24, 2.45) is 0 Å². The van der Waals surface area contributed by atoms with E-state index < -0.39 is 40.9 Å². The Labute approximate surface area is 267 Å². The number of Topliss-reactive ketones (excluding diaryl/α,β-unsaturated/α-hetero) is 1. The first-order chi connectivity index (χ1) is 22.5. The SMILES string of the molecule is O=C1[C@@H](OCCc2cn(S(=O)(=O)c3ccccc3)c3ccccc23)O[C@H]2COC(c3ccccc3)O[C@@H]2[C@H]1OCc1ccccc1. The van der Waals surface area contributed by atoms with Crippen molar-refractivity contribution in [1.82, 2.24) is 3.97 Å². The fraction of sp³-hybridized carbons (Fsp3) is 0.250. The van der Waals surface area contributed by atoms with Crippen LogP contribution in [0.1, 0.15) is 23.0 Å². The fourth-order valence-corrected chi connectivity index (χ4v) is 7.31. The van der Waals surface area contributed by atoms with E-state index in [9.17, 15) is 13.2 Å². The lowest BCUT2D eigenvalue weighted by atomic mass is 9.98. The van der Waals surface area contributed by atoms with Crippen molar-refractivity contribution in [2.45, 2.75) is 48.8 Å². The molecule has 0 spiro atoms. The molecule has 2 aliphatic rings. The van der Waals surface area contributed by atoms with E-state index in [2.05, 4.69) is 0 Å². The Bertz CT molecular complexity index is 1900. The lowest BCUT2D eigenvalue weighted by Gasteiger charge is -2.44. The smallest absolute Gasteiger partial charge is 0.268 e. The van der Waals surface area contributed by atoms with Crippen molar-refractivity contribution in [1.29, 1.82) is 0 Å². The van der Waals surface area contributed by atoms with E-state index in [1.54, 1.807) is 48.7 Å². The molecule has 5 atom stereocenters. The van der Waals surface area contributed by atoms with Gasteiger partial charge < -0.3 is 23.7 Å². The van der Waals surface area contributed by atoms with E-state index in [-0.39, 0.29) is 30.5 Å². The second kappa shape index (κ2) is 13.3. The van der Waals surface area contributed by atoms with Gasteiger partial charge in [0.25, 0.3) is 10.0 Å². The van der Waals surface area contributed by atoms with E-state index in [1.807, 2.05) is 72.8 Å². The Morgan fingerprint density at radius 2 is 1.46 bits per heavy atom. The molecule has 1 unspecified atom stereocenters. The Kier molecular flexibility index (Phi) is 8.81. The number of ketones is 1. The molecule has 9 nitrogen and oxygen atoms in total. The lowest BCUT2D eigenvalue weighted by molar-refractivity contribution is -0.323. The van der Waals surface area contributed by atoms with Crippen LogP contribution in [-0.4, -0.2) is 56.0 Å². The van der Waals surface area contributed by atoms with Crippen LogP contribution in [0.3, 0.4) is 0 Å². The highest BCUT2D eigenvalue weighted by Gasteiger charge is 2.50. The van der Waals surface area contributed by atoms with Crippen molar-refractivity contribution in [3.8, 4) is 0 Å². The first kappa shape index (κ1) is 30.5. The molecule has 5 aromatic rings.